The second-order valence-corrected chi connectivity index (χ2v) is 4.85. The molecule has 6 nitrogen and oxygen atoms in total. The smallest absolute Gasteiger partial charge is 0.408 e. The fourth-order valence-corrected chi connectivity index (χ4v) is 2.48. The lowest BCUT2D eigenvalue weighted by Crippen LogP contribution is -2.32. The van der Waals surface area contributed by atoms with Crippen molar-refractivity contribution >= 4 is 22.7 Å². The molecule has 2 aromatic rings. The lowest BCUT2D eigenvalue weighted by Gasteiger charge is -2.14. The number of nitrogens with one attached hydrogen (secondary N) is 3. The zero-order valence-corrected chi connectivity index (χ0v) is 10.5. The molecule has 1 saturated heterocycles. The summed E-state index contributed by atoms with van der Waals surface area (Å²) in [6, 6.07) is 5.28. The summed E-state index contributed by atoms with van der Waals surface area (Å²) in [5, 5.41) is 6.12. The summed E-state index contributed by atoms with van der Waals surface area (Å²) in [5.41, 5.74) is 1.73. The van der Waals surface area contributed by atoms with Crippen molar-refractivity contribution in [2.75, 3.05) is 11.9 Å². The number of carbonyl (C=O) groups excluding carboxylic acids is 1. The number of benzene rings is 1. The fourth-order valence-electron chi connectivity index (χ4n) is 2.48. The lowest BCUT2D eigenvalue weighted by molar-refractivity contribution is -0.119. The standard InChI is InChI=1S/C13H15N3O3/c1-7-9(4-5-14-7)12(17)15-8-2-3-11-10(6-8)16-13(18)19-11/h2-3,6-7,9,14H,4-5H2,1H3,(H,15,17)(H,16,18). The molecule has 2 heterocycles. The number of H-pyrrole nitrogens is 1. The molecule has 1 aromatic heterocycles. The number of amides is 1. The van der Waals surface area contributed by atoms with E-state index in [9.17, 15) is 9.59 Å². The third-order valence-electron chi connectivity index (χ3n) is 3.55. The van der Waals surface area contributed by atoms with Crippen LogP contribution in [0, 0.1) is 5.92 Å². The van der Waals surface area contributed by atoms with Crippen LogP contribution < -0.4 is 16.4 Å². The Labute approximate surface area is 109 Å². The van der Waals surface area contributed by atoms with Gasteiger partial charge in [-0.1, -0.05) is 0 Å². The Hall–Kier alpha value is -2.08. The van der Waals surface area contributed by atoms with Crippen LogP contribution >= 0.6 is 0 Å². The molecule has 0 aliphatic carbocycles. The fraction of sp³-hybridized carbons (Fsp3) is 0.385. The number of hydrogen-bond donors (Lipinski definition) is 3. The average Bonchev–Trinajstić information content (AvgIpc) is 2.93. The molecule has 1 aliphatic heterocycles. The highest BCUT2D eigenvalue weighted by atomic mass is 16.4. The van der Waals surface area contributed by atoms with Crippen LogP contribution in [0.5, 0.6) is 0 Å². The Morgan fingerprint density at radius 2 is 2.32 bits per heavy atom. The molecule has 3 N–H and O–H groups in total. The number of carbonyl (C=O) groups is 1. The monoisotopic (exact) mass is 261 g/mol. The van der Waals surface area contributed by atoms with E-state index in [1.807, 2.05) is 6.92 Å². The minimum atomic E-state index is -0.493. The number of anilines is 1. The maximum atomic E-state index is 12.1. The van der Waals surface area contributed by atoms with E-state index in [-0.39, 0.29) is 17.9 Å². The second kappa shape index (κ2) is 4.55. The zero-order chi connectivity index (χ0) is 13.4. The van der Waals surface area contributed by atoms with Crippen LogP contribution in [0.2, 0.25) is 0 Å². The molecule has 19 heavy (non-hydrogen) atoms. The van der Waals surface area contributed by atoms with Crippen molar-refractivity contribution in [2.24, 2.45) is 5.92 Å². The second-order valence-electron chi connectivity index (χ2n) is 4.85. The Morgan fingerprint density at radius 3 is 3.05 bits per heavy atom. The van der Waals surface area contributed by atoms with Gasteiger partial charge < -0.3 is 15.1 Å². The molecule has 2 unspecified atom stereocenters. The van der Waals surface area contributed by atoms with Crippen molar-refractivity contribution in [1.82, 2.24) is 10.3 Å². The van der Waals surface area contributed by atoms with Gasteiger partial charge >= 0.3 is 5.76 Å². The van der Waals surface area contributed by atoms with Gasteiger partial charge in [0, 0.05) is 11.7 Å². The van der Waals surface area contributed by atoms with Gasteiger partial charge in [-0.25, -0.2) is 4.79 Å². The van der Waals surface area contributed by atoms with Crippen LogP contribution in [-0.2, 0) is 4.79 Å². The van der Waals surface area contributed by atoms with E-state index in [1.165, 1.54) is 0 Å². The summed E-state index contributed by atoms with van der Waals surface area (Å²) >= 11 is 0. The summed E-state index contributed by atoms with van der Waals surface area (Å²) in [4.78, 5) is 25.7. The molecule has 1 aromatic carbocycles. The molecule has 0 radical (unpaired) electrons. The van der Waals surface area contributed by atoms with E-state index < -0.39 is 5.76 Å². The van der Waals surface area contributed by atoms with Crippen LogP contribution in [0.15, 0.2) is 27.4 Å². The van der Waals surface area contributed by atoms with Gasteiger partial charge in [0.2, 0.25) is 5.91 Å². The van der Waals surface area contributed by atoms with E-state index >= 15 is 0 Å². The third-order valence-corrected chi connectivity index (χ3v) is 3.55. The van der Waals surface area contributed by atoms with E-state index in [2.05, 4.69) is 15.6 Å². The molecule has 2 atom stereocenters. The van der Waals surface area contributed by atoms with Gasteiger partial charge in [-0.3, -0.25) is 9.78 Å². The predicted octanol–water partition coefficient (Wildman–Crippen LogP) is 1.06. The van der Waals surface area contributed by atoms with Gasteiger partial charge in [0.05, 0.1) is 11.4 Å². The molecule has 0 bridgehead atoms. The minimum absolute atomic E-state index is 0.00249. The number of aromatic amines is 1. The first-order valence-corrected chi connectivity index (χ1v) is 6.30. The molecular weight excluding hydrogens is 246 g/mol. The molecule has 100 valence electrons. The van der Waals surface area contributed by atoms with Crippen LogP contribution in [-0.4, -0.2) is 23.5 Å². The molecule has 1 amide bonds. The average molecular weight is 261 g/mol. The maximum Gasteiger partial charge on any atom is 0.417 e. The van der Waals surface area contributed by atoms with E-state index in [0.717, 1.165) is 13.0 Å². The largest absolute Gasteiger partial charge is 0.417 e. The summed E-state index contributed by atoms with van der Waals surface area (Å²) < 4.78 is 4.91. The first-order valence-electron chi connectivity index (χ1n) is 6.30. The van der Waals surface area contributed by atoms with Gasteiger partial charge in [0.15, 0.2) is 5.58 Å². The van der Waals surface area contributed by atoms with Gasteiger partial charge in [-0.2, -0.15) is 0 Å². The Kier molecular flexibility index (Phi) is 2.87. The molecular formula is C13H15N3O3. The first-order chi connectivity index (χ1) is 9.13. The number of hydrogen-bond acceptors (Lipinski definition) is 4. The summed E-state index contributed by atoms with van der Waals surface area (Å²) in [7, 11) is 0. The molecule has 0 saturated carbocycles. The van der Waals surface area contributed by atoms with Gasteiger partial charge in [0.1, 0.15) is 0 Å². The van der Waals surface area contributed by atoms with Crippen LogP contribution in [0.4, 0.5) is 5.69 Å². The number of aromatic nitrogens is 1. The number of fused-ring (bicyclic) bond motifs is 1. The lowest BCUT2D eigenvalue weighted by atomic mass is 10.0. The highest BCUT2D eigenvalue weighted by Crippen LogP contribution is 2.20. The molecule has 6 heteroatoms. The predicted molar refractivity (Wildman–Crippen MR) is 71.0 cm³/mol. The SMILES string of the molecule is CC1NCCC1C(=O)Nc1ccc2oc(=O)[nH]c2c1. The van der Waals surface area contributed by atoms with Crippen molar-refractivity contribution < 1.29 is 9.21 Å². The first kappa shape index (κ1) is 12.0. The third kappa shape index (κ3) is 2.26. The van der Waals surface area contributed by atoms with Gasteiger partial charge in [-0.15, -0.1) is 0 Å². The van der Waals surface area contributed by atoms with Crippen LogP contribution in [0.1, 0.15) is 13.3 Å². The highest BCUT2D eigenvalue weighted by molar-refractivity contribution is 5.94. The van der Waals surface area contributed by atoms with Crippen molar-refractivity contribution in [1.29, 1.82) is 0 Å². The van der Waals surface area contributed by atoms with E-state index in [4.69, 9.17) is 4.42 Å². The zero-order valence-electron chi connectivity index (χ0n) is 10.5. The Balaban J connectivity index is 1.80. The maximum absolute atomic E-state index is 12.1. The number of rotatable bonds is 2. The van der Waals surface area contributed by atoms with Crippen molar-refractivity contribution in [3.05, 3.63) is 28.7 Å². The summed E-state index contributed by atoms with van der Waals surface area (Å²) in [6.45, 7) is 2.88. The van der Waals surface area contributed by atoms with E-state index in [1.54, 1.807) is 18.2 Å². The normalized spacial score (nSPS) is 22.8. The van der Waals surface area contributed by atoms with Crippen molar-refractivity contribution in [3.63, 3.8) is 0 Å². The summed E-state index contributed by atoms with van der Waals surface area (Å²) in [5.74, 6) is -0.506. The van der Waals surface area contributed by atoms with Crippen molar-refractivity contribution in [2.45, 2.75) is 19.4 Å². The topological polar surface area (TPSA) is 87.1 Å². The Morgan fingerprint density at radius 1 is 1.47 bits per heavy atom. The molecule has 3 rings (SSSR count). The number of oxazole rings is 1. The quantitative estimate of drug-likeness (QED) is 0.754. The Bertz CT molecular complexity index is 673. The minimum Gasteiger partial charge on any atom is -0.408 e. The summed E-state index contributed by atoms with van der Waals surface area (Å²) in [6.07, 6.45) is 0.845. The molecule has 1 aliphatic rings. The molecule has 0 spiro atoms. The van der Waals surface area contributed by atoms with Crippen LogP contribution in [0.3, 0.4) is 0 Å². The molecule has 1 fully saturated rings. The van der Waals surface area contributed by atoms with E-state index in [0.29, 0.717) is 16.8 Å². The van der Waals surface area contributed by atoms with Crippen molar-refractivity contribution in [3.8, 4) is 0 Å². The highest BCUT2D eigenvalue weighted by Gasteiger charge is 2.29. The van der Waals surface area contributed by atoms with Crippen LogP contribution in [0.25, 0.3) is 11.1 Å². The van der Waals surface area contributed by atoms with Gasteiger partial charge in [0.25, 0.3) is 0 Å². The van der Waals surface area contributed by atoms with Gasteiger partial charge in [-0.05, 0) is 38.1 Å².